The fraction of sp³-hybridized carbons (Fsp3) is 0.300. The zero-order valence-electron chi connectivity index (χ0n) is 8.61. The van der Waals surface area contributed by atoms with Crippen LogP contribution in [0.15, 0.2) is 23.4 Å². The van der Waals surface area contributed by atoms with Crippen molar-refractivity contribution in [1.82, 2.24) is 9.88 Å². The van der Waals surface area contributed by atoms with Crippen LogP contribution in [0.3, 0.4) is 0 Å². The van der Waals surface area contributed by atoms with Crippen LogP contribution in [0.2, 0.25) is 5.15 Å². The monoisotopic (exact) mass is 222 g/mol. The van der Waals surface area contributed by atoms with Crippen LogP contribution in [0.1, 0.15) is 12.5 Å². The molecule has 1 heterocycles. The van der Waals surface area contributed by atoms with Crippen molar-refractivity contribution in [3.05, 3.63) is 40.6 Å². The summed E-state index contributed by atoms with van der Waals surface area (Å²) in [6.45, 7) is 9.07. The molecule has 1 aromatic rings. The number of rotatable bonds is 2. The van der Waals surface area contributed by atoms with Crippen molar-refractivity contribution in [1.29, 1.82) is 0 Å². The summed E-state index contributed by atoms with van der Waals surface area (Å²) < 4.78 is 0. The predicted molar refractivity (Wildman–Crippen MR) is 60.4 cm³/mol. The summed E-state index contributed by atoms with van der Waals surface area (Å²) >= 11 is 5.67. The van der Waals surface area contributed by atoms with Gasteiger partial charge in [0.1, 0.15) is 10.3 Å². The van der Waals surface area contributed by atoms with E-state index in [-0.39, 0.29) is 0 Å². The molecule has 0 saturated carbocycles. The van der Waals surface area contributed by atoms with E-state index in [1.165, 1.54) is 0 Å². The van der Waals surface area contributed by atoms with E-state index in [9.17, 15) is 0 Å². The molecule has 0 bridgehead atoms. The van der Waals surface area contributed by atoms with Crippen molar-refractivity contribution >= 4 is 17.4 Å². The summed E-state index contributed by atoms with van der Waals surface area (Å²) in [6, 6.07) is 3.64. The highest BCUT2D eigenvalue weighted by atomic mass is 35.5. The molecule has 0 spiro atoms. The molecule has 4 nitrogen and oxygen atoms in total. The van der Waals surface area contributed by atoms with Crippen molar-refractivity contribution in [2.75, 3.05) is 7.05 Å². The molecule has 78 valence electrons. The van der Waals surface area contributed by atoms with Crippen LogP contribution in [0.5, 0.6) is 0 Å². The fourth-order valence-electron chi connectivity index (χ4n) is 1.04. The Kier molecular flexibility index (Phi) is 4.07. The normalized spacial score (nSPS) is 10.9. The van der Waals surface area contributed by atoms with Gasteiger partial charge in [-0.15, -0.1) is 4.95 Å². The third-order valence-corrected chi connectivity index (χ3v) is 2.18. The van der Waals surface area contributed by atoms with E-state index < -0.39 is 0 Å². The van der Waals surface area contributed by atoms with Gasteiger partial charge in [-0.1, -0.05) is 17.7 Å². The Bertz CT molecular complexity index is 391. The Morgan fingerprint density at radius 1 is 1.67 bits per heavy atom. The van der Waals surface area contributed by atoms with Crippen molar-refractivity contribution in [3.8, 4) is 0 Å². The van der Waals surface area contributed by atoms with E-state index in [2.05, 4.69) is 15.0 Å². The fourth-order valence-corrected chi connectivity index (χ4v) is 1.15. The highest BCUT2D eigenvalue weighted by molar-refractivity contribution is 6.29. The van der Waals surface area contributed by atoms with Crippen LogP contribution < -0.4 is 0 Å². The minimum absolute atomic E-state index is 0.480. The highest BCUT2D eigenvalue weighted by Crippen LogP contribution is 2.07. The maximum Gasteiger partial charge on any atom is 0.185 e. The molecule has 0 N–H and O–H groups in total. The maximum atomic E-state index is 6.62. The van der Waals surface area contributed by atoms with Gasteiger partial charge >= 0.3 is 0 Å². The smallest absolute Gasteiger partial charge is 0.185 e. The molecule has 1 aromatic heterocycles. The van der Waals surface area contributed by atoms with Crippen LogP contribution in [0, 0.1) is 6.57 Å². The first-order valence-electron chi connectivity index (χ1n) is 4.36. The lowest BCUT2D eigenvalue weighted by Gasteiger charge is -2.15. The topological polar surface area (TPSA) is 32.9 Å². The number of aromatic nitrogens is 1. The van der Waals surface area contributed by atoms with Gasteiger partial charge in [0.2, 0.25) is 0 Å². The quantitative estimate of drug-likeness (QED) is 0.253. The first kappa shape index (κ1) is 11.5. The lowest BCUT2D eigenvalue weighted by molar-refractivity contribution is 0.496. The van der Waals surface area contributed by atoms with Crippen LogP contribution >= 0.6 is 11.6 Å². The number of amidine groups is 1. The summed E-state index contributed by atoms with van der Waals surface area (Å²) in [6.07, 6.45) is 1.71. The number of halogens is 1. The molecule has 0 atom stereocenters. The summed E-state index contributed by atoms with van der Waals surface area (Å²) in [4.78, 5) is 8.83. The van der Waals surface area contributed by atoms with Gasteiger partial charge < -0.3 is 4.90 Å². The summed E-state index contributed by atoms with van der Waals surface area (Å²) in [7, 11) is 1.87. The molecular weight excluding hydrogens is 212 g/mol. The summed E-state index contributed by atoms with van der Waals surface area (Å²) in [5.41, 5.74) is 1.03. The lowest BCUT2D eigenvalue weighted by atomic mass is 10.3. The van der Waals surface area contributed by atoms with Crippen LogP contribution in [-0.2, 0) is 6.54 Å². The average molecular weight is 223 g/mol. The van der Waals surface area contributed by atoms with Crippen molar-refractivity contribution in [2.45, 2.75) is 13.5 Å². The van der Waals surface area contributed by atoms with Crippen molar-refractivity contribution in [3.63, 3.8) is 0 Å². The van der Waals surface area contributed by atoms with Gasteiger partial charge in [0.25, 0.3) is 0 Å². The Balaban J connectivity index is 2.67. The van der Waals surface area contributed by atoms with Crippen LogP contribution in [-0.4, -0.2) is 22.8 Å². The number of nitrogens with zero attached hydrogens (tertiary/aromatic N) is 4. The molecule has 0 aliphatic carbocycles. The molecule has 0 saturated heterocycles. The minimum Gasteiger partial charge on any atom is -0.353 e. The van der Waals surface area contributed by atoms with Crippen LogP contribution in [0.4, 0.5) is 0 Å². The van der Waals surface area contributed by atoms with E-state index >= 15 is 0 Å². The van der Waals surface area contributed by atoms with Gasteiger partial charge in [0, 0.05) is 26.7 Å². The molecule has 0 unspecified atom stereocenters. The second-order valence-corrected chi connectivity index (χ2v) is 3.48. The number of hydrogen-bond acceptors (Lipinski definition) is 2. The zero-order chi connectivity index (χ0) is 11.3. The molecule has 1 rings (SSSR count). The number of pyridine rings is 1. The molecule has 0 aliphatic rings. The van der Waals surface area contributed by atoms with Gasteiger partial charge in [-0.05, 0) is 11.6 Å². The second kappa shape index (κ2) is 5.32. The summed E-state index contributed by atoms with van der Waals surface area (Å²) in [5.74, 6) is 0.681. The molecule has 0 aliphatic heterocycles. The third-order valence-electron chi connectivity index (χ3n) is 1.96. The van der Waals surface area contributed by atoms with E-state index in [4.69, 9.17) is 18.2 Å². The van der Waals surface area contributed by atoms with Gasteiger partial charge in [0.05, 0.1) is 0 Å². The first-order valence-corrected chi connectivity index (χ1v) is 4.74. The largest absolute Gasteiger partial charge is 0.353 e. The maximum absolute atomic E-state index is 6.62. The van der Waals surface area contributed by atoms with E-state index in [0.29, 0.717) is 17.5 Å². The minimum atomic E-state index is 0.480. The molecule has 0 fully saturated rings. The standard InChI is InChI=1S/C10H11ClN4/c1-8(14-12-2)15(3)7-9-4-5-10(11)13-6-9/h4-6H,7H2,1,3H3. The van der Waals surface area contributed by atoms with Crippen molar-refractivity contribution < 1.29 is 0 Å². The molecule has 15 heavy (non-hydrogen) atoms. The van der Waals surface area contributed by atoms with Gasteiger partial charge in [-0.3, -0.25) is 0 Å². The Morgan fingerprint density at radius 3 is 2.93 bits per heavy atom. The highest BCUT2D eigenvalue weighted by Gasteiger charge is 2.04. The van der Waals surface area contributed by atoms with Gasteiger partial charge in [-0.25, -0.2) is 4.98 Å². The molecule has 0 radical (unpaired) electrons. The van der Waals surface area contributed by atoms with E-state index in [1.807, 2.05) is 18.0 Å². The van der Waals surface area contributed by atoms with Gasteiger partial charge in [0.15, 0.2) is 5.84 Å². The Hall–Kier alpha value is -1.60. The van der Waals surface area contributed by atoms with Crippen LogP contribution in [0.25, 0.3) is 4.95 Å². The second-order valence-electron chi connectivity index (χ2n) is 3.09. The lowest BCUT2D eigenvalue weighted by Crippen LogP contribution is -2.23. The Morgan fingerprint density at radius 2 is 2.40 bits per heavy atom. The third kappa shape index (κ3) is 3.56. The molecular formula is C10H11ClN4. The molecule has 5 heteroatoms. The summed E-state index contributed by atoms with van der Waals surface area (Å²) in [5, 5.41) is 4.11. The predicted octanol–water partition coefficient (Wildman–Crippen LogP) is 2.42. The van der Waals surface area contributed by atoms with Gasteiger partial charge in [-0.2, -0.15) is 6.57 Å². The Labute approximate surface area is 94.0 Å². The van der Waals surface area contributed by atoms with Crippen molar-refractivity contribution in [2.24, 2.45) is 5.10 Å². The van der Waals surface area contributed by atoms with E-state index in [0.717, 1.165) is 5.56 Å². The molecule has 0 amide bonds. The SMILES string of the molecule is [C-]#[N+]N=C(C)N(C)Cc1ccc(Cl)nc1. The first-order chi connectivity index (χ1) is 7.13. The van der Waals surface area contributed by atoms with E-state index in [1.54, 1.807) is 19.2 Å². The number of hydrogen-bond donors (Lipinski definition) is 0. The zero-order valence-corrected chi connectivity index (χ0v) is 9.36. The molecule has 0 aromatic carbocycles. The average Bonchev–Trinajstić information content (AvgIpc) is 2.22.